The van der Waals surface area contributed by atoms with Crippen molar-refractivity contribution in [2.24, 2.45) is 0 Å². The Balaban J connectivity index is -0.0000000267. The van der Waals surface area contributed by atoms with Crippen molar-refractivity contribution in [2.75, 3.05) is 0 Å². The molecule has 0 aromatic rings. The number of hydrogen-bond acceptors (Lipinski definition) is 3. The molecule has 8 heteroatoms. The molecule has 8 heavy (non-hydrogen) atoms. The van der Waals surface area contributed by atoms with Crippen LogP contribution in [0.5, 0.6) is 0 Å². The largest absolute Gasteiger partial charge is 1.00 e. The minimum Gasteiger partial charge on any atom is -0.790 e. The summed E-state index contributed by atoms with van der Waals surface area (Å²) < 4.78 is 8.66. The summed E-state index contributed by atoms with van der Waals surface area (Å²) in [5.41, 5.74) is 0. The topological polar surface area (TPSA) is 83.4 Å². The molecule has 0 aromatic carbocycles. The van der Waals surface area contributed by atoms with Gasteiger partial charge in [-0.25, -0.2) is 0 Å². The Morgan fingerprint density at radius 3 is 1.25 bits per heavy atom. The maximum absolute atomic E-state index is 8.66. The average Bonchev–Trinajstić information content (AvgIpc) is 0.722. The standard InChI is InChI=1S/2K.H3O4P.Ti/c;;1-5(2,3)4;/h;;(H3,1,2,3,4);/q2*+1;;/p-2. The van der Waals surface area contributed by atoms with E-state index in [1.807, 2.05) is 0 Å². The van der Waals surface area contributed by atoms with Gasteiger partial charge in [-0.15, -0.1) is 0 Å². The molecule has 0 saturated carbocycles. The summed E-state index contributed by atoms with van der Waals surface area (Å²) in [6.07, 6.45) is 0. The van der Waals surface area contributed by atoms with E-state index in [0.717, 1.165) is 0 Å². The second kappa shape index (κ2) is 11.1. The minimum atomic E-state index is -5.14. The fraction of sp³-hybridized carbons (Fsp3) is 0. The first-order valence-electron chi connectivity index (χ1n) is 0.748. The summed E-state index contributed by atoms with van der Waals surface area (Å²) in [6.45, 7) is 0. The summed E-state index contributed by atoms with van der Waals surface area (Å²) in [7, 11) is -5.14. The normalized spacial score (nSPS) is 7.38. The monoisotopic (exact) mass is 222 g/mol. The summed E-state index contributed by atoms with van der Waals surface area (Å²) >= 11 is 0. The van der Waals surface area contributed by atoms with E-state index in [0.29, 0.717) is 0 Å². The van der Waals surface area contributed by atoms with E-state index in [1.54, 1.807) is 0 Å². The molecule has 0 bridgehead atoms. The van der Waals surface area contributed by atoms with E-state index in [2.05, 4.69) is 0 Å². The molecule has 4 nitrogen and oxygen atoms in total. The molecule has 0 aliphatic carbocycles. The molecule has 0 saturated heterocycles. The first kappa shape index (κ1) is 22.7. The van der Waals surface area contributed by atoms with Crippen LogP contribution in [0.15, 0.2) is 0 Å². The molecule has 0 heterocycles. The number of hydrogen-bond donors (Lipinski definition) is 1. The first-order valence-corrected chi connectivity index (χ1v) is 2.24. The van der Waals surface area contributed by atoms with Gasteiger partial charge in [-0.1, -0.05) is 0 Å². The Bertz CT molecular complexity index is 60.2. The molecule has 0 fully saturated rings. The van der Waals surface area contributed by atoms with E-state index in [4.69, 9.17) is 19.2 Å². The van der Waals surface area contributed by atoms with Crippen LogP contribution in [-0.4, -0.2) is 4.89 Å². The fourth-order valence-electron chi connectivity index (χ4n) is 0. The Hall–Kier alpha value is 4.10. The zero-order chi connectivity index (χ0) is 4.50. The van der Waals surface area contributed by atoms with Crippen molar-refractivity contribution >= 4 is 7.82 Å². The van der Waals surface area contributed by atoms with Gasteiger partial charge in [0.2, 0.25) is 0 Å². The molecule has 0 unspecified atom stereocenters. The van der Waals surface area contributed by atoms with Crippen molar-refractivity contribution in [1.29, 1.82) is 0 Å². The third-order valence-corrected chi connectivity index (χ3v) is 0. The Morgan fingerprint density at radius 2 is 1.25 bits per heavy atom. The van der Waals surface area contributed by atoms with E-state index in [-0.39, 0.29) is 124 Å². The maximum Gasteiger partial charge on any atom is 1.00 e. The van der Waals surface area contributed by atoms with Crippen molar-refractivity contribution in [3.05, 3.63) is 0 Å². The van der Waals surface area contributed by atoms with Gasteiger partial charge in [-0.05, 0) is 0 Å². The molecule has 0 rings (SSSR count). The van der Waals surface area contributed by atoms with Crippen LogP contribution in [-0.2, 0) is 26.3 Å². The van der Waals surface area contributed by atoms with Crippen LogP contribution >= 0.6 is 7.82 Å². The third-order valence-electron chi connectivity index (χ3n) is 0. The number of rotatable bonds is 0. The fourth-order valence-corrected chi connectivity index (χ4v) is 0. The van der Waals surface area contributed by atoms with Crippen molar-refractivity contribution in [3.8, 4) is 0 Å². The quantitative estimate of drug-likeness (QED) is 0.326. The molecule has 0 aromatic heterocycles. The van der Waals surface area contributed by atoms with Crippen LogP contribution in [0.4, 0.5) is 0 Å². The van der Waals surface area contributed by atoms with Crippen LogP contribution in [0.25, 0.3) is 0 Å². The first-order chi connectivity index (χ1) is 2.00. The van der Waals surface area contributed by atoms with Crippen LogP contribution < -0.4 is 113 Å². The average molecular weight is 222 g/mol. The molecular formula is HK2O4PTi. The molecule has 0 aliphatic heterocycles. The summed E-state index contributed by atoms with van der Waals surface area (Å²) in [4.78, 5) is 24.3. The van der Waals surface area contributed by atoms with Crippen LogP contribution in [0.2, 0.25) is 0 Å². The van der Waals surface area contributed by atoms with Gasteiger partial charge < -0.3 is 19.2 Å². The van der Waals surface area contributed by atoms with Crippen LogP contribution in [0.3, 0.4) is 0 Å². The summed E-state index contributed by atoms with van der Waals surface area (Å²) in [5, 5.41) is 0. The zero-order valence-corrected chi connectivity index (χ0v) is 13.3. The van der Waals surface area contributed by atoms with E-state index in [9.17, 15) is 0 Å². The summed E-state index contributed by atoms with van der Waals surface area (Å²) in [6, 6.07) is 0. The minimum absolute atomic E-state index is 0. The van der Waals surface area contributed by atoms with E-state index < -0.39 is 7.82 Å². The van der Waals surface area contributed by atoms with Crippen molar-refractivity contribution in [2.45, 2.75) is 0 Å². The molecule has 1 N–H and O–H groups in total. The summed E-state index contributed by atoms with van der Waals surface area (Å²) in [5.74, 6) is 0. The Morgan fingerprint density at radius 1 is 1.25 bits per heavy atom. The van der Waals surface area contributed by atoms with Gasteiger partial charge in [-0.3, -0.25) is 0 Å². The van der Waals surface area contributed by atoms with Gasteiger partial charge in [0.05, 0.1) is 7.82 Å². The molecular weight excluding hydrogens is 221 g/mol. The van der Waals surface area contributed by atoms with Gasteiger partial charge in [0.15, 0.2) is 0 Å². The predicted octanol–water partition coefficient (Wildman–Crippen LogP) is -8.19. The van der Waals surface area contributed by atoms with Crippen molar-refractivity contribution in [3.63, 3.8) is 0 Å². The molecule has 36 valence electrons. The Kier molecular flexibility index (Phi) is 31.5. The third kappa shape index (κ3) is 49.8. The second-order valence-electron chi connectivity index (χ2n) is 0.469. The van der Waals surface area contributed by atoms with E-state index >= 15 is 0 Å². The maximum atomic E-state index is 8.66. The molecule has 0 atom stereocenters. The smallest absolute Gasteiger partial charge is 0.790 e. The molecule has 0 radical (unpaired) electrons. The molecule has 0 amide bonds. The van der Waals surface area contributed by atoms with Gasteiger partial charge in [0, 0.05) is 21.7 Å². The zero-order valence-electron chi connectivity index (χ0n) is 4.62. The van der Waals surface area contributed by atoms with Gasteiger partial charge in [0.25, 0.3) is 0 Å². The van der Waals surface area contributed by atoms with Gasteiger partial charge >= 0.3 is 103 Å². The van der Waals surface area contributed by atoms with Crippen molar-refractivity contribution < 1.29 is 144 Å². The SMILES string of the molecule is O=P([O-])([O-])O.[K+].[K+].[Ti]. The Labute approximate surface area is 147 Å². The number of phosphoric acid groups is 1. The van der Waals surface area contributed by atoms with E-state index in [1.165, 1.54) is 0 Å². The van der Waals surface area contributed by atoms with Crippen molar-refractivity contribution in [1.82, 2.24) is 0 Å². The van der Waals surface area contributed by atoms with Crippen LogP contribution in [0, 0.1) is 0 Å². The second-order valence-corrected chi connectivity index (χ2v) is 1.41. The van der Waals surface area contributed by atoms with Gasteiger partial charge in [-0.2, -0.15) is 0 Å². The predicted molar refractivity (Wildman–Crippen MR) is 9.83 cm³/mol. The molecule has 0 spiro atoms. The molecule has 0 aliphatic rings. The van der Waals surface area contributed by atoms with Gasteiger partial charge in [0.1, 0.15) is 0 Å². The van der Waals surface area contributed by atoms with Crippen LogP contribution in [0.1, 0.15) is 0 Å².